The van der Waals surface area contributed by atoms with Gasteiger partial charge < -0.3 is 15.5 Å². The maximum atomic E-state index is 14.2. The molecule has 2 unspecified atom stereocenters. The molecule has 0 saturated carbocycles. The van der Waals surface area contributed by atoms with Crippen LogP contribution in [0.15, 0.2) is 35.2 Å². The van der Waals surface area contributed by atoms with E-state index in [4.69, 9.17) is 9.97 Å². The molecule has 4 heterocycles. The molecule has 1 saturated heterocycles. The first-order chi connectivity index (χ1) is 14.1. The van der Waals surface area contributed by atoms with Gasteiger partial charge in [-0.15, -0.1) is 11.3 Å². The van der Waals surface area contributed by atoms with Gasteiger partial charge in [0.1, 0.15) is 12.0 Å². The van der Waals surface area contributed by atoms with E-state index in [2.05, 4.69) is 15.5 Å². The van der Waals surface area contributed by atoms with Gasteiger partial charge in [0.05, 0.1) is 27.1 Å². The number of alkyl halides is 1. The molecule has 1 fully saturated rings. The summed E-state index contributed by atoms with van der Waals surface area (Å²) in [4.78, 5) is 13.7. The topological polar surface area (TPSA) is 70.2 Å². The van der Waals surface area contributed by atoms with Gasteiger partial charge in [-0.25, -0.2) is 9.37 Å². The Hall–Kier alpha value is -2.10. The van der Waals surface area contributed by atoms with Crippen molar-refractivity contribution in [3.8, 4) is 0 Å². The van der Waals surface area contributed by atoms with E-state index in [9.17, 15) is 8.60 Å². The van der Waals surface area contributed by atoms with Crippen LogP contribution in [0, 0.1) is 6.92 Å². The molecule has 9 heteroatoms. The quantitative estimate of drug-likeness (QED) is 0.665. The van der Waals surface area contributed by atoms with Crippen LogP contribution in [-0.4, -0.2) is 51.8 Å². The van der Waals surface area contributed by atoms with Crippen LogP contribution in [0.5, 0.6) is 0 Å². The Kier molecular flexibility index (Phi) is 4.97. The fourth-order valence-corrected chi connectivity index (χ4v) is 6.02. The van der Waals surface area contributed by atoms with Gasteiger partial charge in [-0.05, 0) is 24.6 Å². The number of rotatable bonds is 3. The van der Waals surface area contributed by atoms with Crippen molar-refractivity contribution in [2.75, 3.05) is 35.6 Å². The second-order valence-corrected chi connectivity index (χ2v) is 10.2. The van der Waals surface area contributed by atoms with E-state index < -0.39 is 17.0 Å². The molecule has 0 aliphatic carbocycles. The van der Waals surface area contributed by atoms with Crippen molar-refractivity contribution < 1.29 is 8.60 Å². The van der Waals surface area contributed by atoms with Gasteiger partial charge in [-0.3, -0.25) is 4.21 Å². The second kappa shape index (κ2) is 7.62. The van der Waals surface area contributed by atoms with E-state index >= 15 is 0 Å². The van der Waals surface area contributed by atoms with E-state index in [-0.39, 0.29) is 6.04 Å². The van der Waals surface area contributed by atoms with E-state index in [1.54, 1.807) is 11.3 Å². The predicted molar refractivity (Wildman–Crippen MR) is 116 cm³/mol. The molecular formula is C20H22FN5OS2. The molecule has 0 radical (unpaired) electrons. The molecule has 152 valence electrons. The summed E-state index contributed by atoms with van der Waals surface area (Å²) in [5.74, 6) is 1.80. The molecular weight excluding hydrogens is 409 g/mol. The number of thiophene rings is 1. The number of benzene rings is 1. The Morgan fingerprint density at radius 3 is 3.00 bits per heavy atom. The van der Waals surface area contributed by atoms with Gasteiger partial charge in [0.2, 0.25) is 5.95 Å². The zero-order valence-corrected chi connectivity index (χ0v) is 17.7. The highest BCUT2D eigenvalue weighted by molar-refractivity contribution is 7.85. The Morgan fingerprint density at radius 2 is 2.17 bits per heavy atom. The first-order valence-corrected chi connectivity index (χ1v) is 11.8. The van der Waals surface area contributed by atoms with Crippen molar-refractivity contribution in [1.82, 2.24) is 15.3 Å². The van der Waals surface area contributed by atoms with Crippen molar-refractivity contribution in [3.05, 3.63) is 40.8 Å². The summed E-state index contributed by atoms with van der Waals surface area (Å²) in [6.45, 7) is 4.17. The SMILES string of the molecule is Cc1cc2nc(N3CCS(=O)c4ccccc4C3)nc(N[C@@H]3CNCC3F)c2s1. The molecule has 0 spiro atoms. The molecule has 3 atom stereocenters. The minimum Gasteiger partial charge on any atom is -0.362 e. The van der Waals surface area contributed by atoms with Crippen LogP contribution in [0.2, 0.25) is 0 Å². The molecule has 5 rings (SSSR count). The molecule has 2 aliphatic rings. The van der Waals surface area contributed by atoms with Crippen molar-refractivity contribution in [2.45, 2.75) is 30.6 Å². The van der Waals surface area contributed by atoms with Gasteiger partial charge >= 0.3 is 0 Å². The lowest BCUT2D eigenvalue weighted by Crippen LogP contribution is -2.31. The maximum absolute atomic E-state index is 14.2. The molecule has 2 N–H and O–H groups in total. The number of fused-ring (bicyclic) bond motifs is 2. The largest absolute Gasteiger partial charge is 0.362 e. The first-order valence-electron chi connectivity index (χ1n) is 9.69. The van der Waals surface area contributed by atoms with E-state index in [0.29, 0.717) is 43.7 Å². The summed E-state index contributed by atoms with van der Waals surface area (Å²) in [5.41, 5.74) is 1.90. The van der Waals surface area contributed by atoms with Crippen LogP contribution in [-0.2, 0) is 17.3 Å². The number of nitrogens with zero attached hydrogens (tertiary/aromatic N) is 3. The zero-order valence-electron chi connectivity index (χ0n) is 16.0. The highest BCUT2D eigenvalue weighted by Crippen LogP contribution is 2.33. The number of anilines is 2. The third-order valence-electron chi connectivity index (χ3n) is 5.35. The molecule has 6 nitrogen and oxygen atoms in total. The zero-order chi connectivity index (χ0) is 20.0. The van der Waals surface area contributed by atoms with E-state index in [1.807, 2.05) is 37.3 Å². The molecule has 0 bridgehead atoms. The van der Waals surface area contributed by atoms with Crippen LogP contribution in [0.4, 0.5) is 16.2 Å². The van der Waals surface area contributed by atoms with Crippen LogP contribution in [0.25, 0.3) is 10.2 Å². The average molecular weight is 432 g/mol. The fraction of sp³-hybridized carbons (Fsp3) is 0.400. The summed E-state index contributed by atoms with van der Waals surface area (Å²) in [7, 11) is -1.03. The Labute approximate surface area is 175 Å². The molecule has 2 aromatic heterocycles. The van der Waals surface area contributed by atoms with Crippen molar-refractivity contribution in [3.63, 3.8) is 0 Å². The molecule has 0 amide bonds. The van der Waals surface area contributed by atoms with Gasteiger partial charge in [0, 0.05) is 41.7 Å². The average Bonchev–Trinajstić information content (AvgIpc) is 3.24. The van der Waals surface area contributed by atoms with Crippen molar-refractivity contribution in [1.29, 1.82) is 0 Å². The lowest BCUT2D eigenvalue weighted by atomic mass is 10.2. The standard InChI is InChI=1S/C20H22FN5OS2/c1-12-8-15-18(28-12)19(23-16-10-22-9-14(16)21)25-20(24-15)26-6-7-29(27)17-5-3-2-4-13(17)11-26/h2-5,8,14,16,22H,6-7,9-11H2,1H3,(H,23,24,25)/t14?,16-,29?/m1/s1. The molecule has 29 heavy (non-hydrogen) atoms. The number of aromatic nitrogens is 2. The van der Waals surface area contributed by atoms with Crippen LogP contribution >= 0.6 is 11.3 Å². The Bertz CT molecular complexity index is 1090. The maximum Gasteiger partial charge on any atom is 0.228 e. The van der Waals surface area contributed by atoms with Crippen molar-refractivity contribution >= 4 is 44.1 Å². The smallest absolute Gasteiger partial charge is 0.228 e. The summed E-state index contributed by atoms with van der Waals surface area (Å²) in [6, 6.07) is 9.57. The summed E-state index contributed by atoms with van der Waals surface area (Å²) in [6.07, 6.45) is -0.947. The highest BCUT2D eigenvalue weighted by Gasteiger charge is 2.28. The van der Waals surface area contributed by atoms with Gasteiger partial charge in [-0.2, -0.15) is 4.98 Å². The van der Waals surface area contributed by atoms with Crippen molar-refractivity contribution in [2.24, 2.45) is 0 Å². The third-order valence-corrected chi connectivity index (χ3v) is 7.84. The summed E-state index contributed by atoms with van der Waals surface area (Å²) in [5, 5.41) is 6.38. The fourth-order valence-electron chi connectivity index (χ4n) is 3.86. The lowest BCUT2D eigenvalue weighted by Gasteiger charge is -2.22. The van der Waals surface area contributed by atoms with Crippen LogP contribution in [0.3, 0.4) is 0 Å². The molecule has 1 aromatic carbocycles. The number of hydrogen-bond acceptors (Lipinski definition) is 7. The normalized spacial score (nSPS) is 24.5. The highest BCUT2D eigenvalue weighted by atomic mass is 32.2. The van der Waals surface area contributed by atoms with Gasteiger partial charge in [0.15, 0.2) is 0 Å². The number of nitrogens with one attached hydrogen (secondary N) is 2. The van der Waals surface area contributed by atoms with Crippen LogP contribution in [0.1, 0.15) is 10.4 Å². The Morgan fingerprint density at radius 1 is 1.31 bits per heavy atom. The minimum atomic E-state index is -1.03. The minimum absolute atomic E-state index is 0.305. The van der Waals surface area contributed by atoms with Crippen LogP contribution < -0.4 is 15.5 Å². The lowest BCUT2D eigenvalue weighted by molar-refractivity contribution is 0.342. The summed E-state index contributed by atoms with van der Waals surface area (Å²) >= 11 is 1.61. The molecule has 3 aromatic rings. The number of halogens is 1. The first kappa shape index (κ1) is 18.9. The van der Waals surface area contributed by atoms with Gasteiger partial charge in [0.25, 0.3) is 0 Å². The van der Waals surface area contributed by atoms with E-state index in [1.165, 1.54) is 0 Å². The monoisotopic (exact) mass is 431 g/mol. The van der Waals surface area contributed by atoms with E-state index in [0.717, 1.165) is 25.6 Å². The molecule has 2 aliphatic heterocycles. The Balaban J connectivity index is 1.54. The predicted octanol–water partition coefficient (Wildman–Crippen LogP) is 2.85. The second-order valence-electron chi connectivity index (χ2n) is 7.45. The third kappa shape index (κ3) is 3.62. The van der Waals surface area contributed by atoms with Gasteiger partial charge in [-0.1, -0.05) is 18.2 Å². The number of hydrogen-bond donors (Lipinski definition) is 2. The summed E-state index contributed by atoms with van der Waals surface area (Å²) < 4.78 is 27.8. The number of aryl methyl sites for hydroxylation is 1.